The van der Waals surface area contributed by atoms with E-state index < -0.39 is 5.92 Å². The Morgan fingerprint density at radius 1 is 1.25 bits per heavy atom. The summed E-state index contributed by atoms with van der Waals surface area (Å²) in [5.41, 5.74) is 2.78. The Morgan fingerprint density at radius 2 is 1.92 bits per heavy atom. The van der Waals surface area contributed by atoms with Crippen LogP contribution >= 0.6 is 0 Å². The molecule has 0 amide bonds. The molecule has 1 aliphatic rings. The van der Waals surface area contributed by atoms with Crippen LogP contribution in [0.1, 0.15) is 38.8 Å². The van der Waals surface area contributed by atoms with Crippen molar-refractivity contribution in [3.05, 3.63) is 24.0 Å². The standard InChI is InChI=1S/C18H26F2N4/c1-14(13-21-10-9-18(2,19)20)15-7-8-16-17(22-15)24(4)12-6-5-11-23(16)3/h7-8,10,13H,5-6,9,11-12H2,1-4H3/b14-13+,21-10?. The van der Waals surface area contributed by atoms with Gasteiger partial charge in [0.2, 0.25) is 5.92 Å². The van der Waals surface area contributed by atoms with E-state index >= 15 is 0 Å². The van der Waals surface area contributed by atoms with Gasteiger partial charge in [0.25, 0.3) is 0 Å². The molecule has 0 aromatic carbocycles. The monoisotopic (exact) mass is 336 g/mol. The number of alkyl halides is 2. The number of anilines is 2. The van der Waals surface area contributed by atoms with Crippen LogP contribution in [0.3, 0.4) is 0 Å². The largest absolute Gasteiger partial charge is 0.372 e. The number of allylic oxidation sites excluding steroid dienone is 1. The van der Waals surface area contributed by atoms with Crippen molar-refractivity contribution in [2.75, 3.05) is 37.0 Å². The number of hydrogen-bond donors (Lipinski definition) is 0. The fourth-order valence-corrected chi connectivity index (χ4v) is 2.61. The summed E-state index contributed by atoms with van der Waals surface area (Å²) < 4.78 is 25.6. The topological polar surface area (TPSA) is 31.7 Å². The summed E-state index contributed by atoms with van der Waals surface area (Å²) in [6.45, 7) is 4.78. The Labute approximate surface area is 142 Å². The zero-order valence-electron chi connectivity index (χ0n) is 14.9. The first-order valence-electron chi connectivity index (χ1n) is 8.28. The van der Waals surface area contributed by atoms with Gasteiger partial charge in [0, 0.05) is 46.0 Å². The zero-order chi connectivity index (χ0) is 17.7. The average molecular weight is 336 g/mol. The van der Waals surface area contributed by atoms with Crippen molar-refractivity contribution < 1.29 is 8.78 Å². The Morgan fingerprint density at radius 3 is 2.58 bits per heavy atom. The van der Waals surface area contributed by atoms with Gasteiger partial charge in [-0.15, -0.1) is 0 Å². The maximum atomic E-state index is 12.8. The summed E-state index contributed by atoms with van der Waals surface area (Å²) in [5.74, 6) is -1.77. The molecule has 1 aliphatic heterocycles. The summed E-state index contributed by atoms with van der Waals surface area (Å²) in [6, 6.07) is 4.03. The number of pyridine rings is 1. The number of hydrogen-bond acceptors (Lipinski definition) is 4. The van der Waals surface area contributed by atoms with Crippen LogP contribution in [0.25, 0.3) is 5.57 Å². The first-order valence-corrected chi connectivity index (χ1v) is 8.28. The normalized spacial score (nSPS) is 17.0. The van der Waals surface area contributed by atoms with Gasteiger partial charge in [-0.2, -0.15) is 0 Å². The van der Waals surface area contributed by atoms with Crippen molar-refractivity contribution in [3.8, 4) is 0 Å². The minimum atomic E-state index is -2.72. The highest BCUT2D eigenvalue weighted by Crippen LogP contribution is 2.30. The van der Waals surface area contributed by atoms with E-state index in [4.69, 9.17) is 4.98 Å². The highest BCUT2D eigenvalue weighted by Gasteiger charge is 2.19. The lowest BCUT2D eigenvalue weighted by Crippen LogP contribution is -2.29. The van der Waals surface area contributed by atoms with Crippen LogP contribution in [0.15, 0.2) is 23.3 Å². The molecule has 0 radical (unpaired) electrons. The number of aliphatic imine (C=N–C) groups is 1. The van der Waals surface area contributed by atoms with Crippen molar-refractivity contribution in [1.82, 2.24) is 4.98 Å². The summed E-state index contributed by atoms with van der Waals surface area (Å²) in [7, 11) is 4.13. The van der Waals surface area contributed by atoms with E-state index in [1.54, 1.807) is 6.20 Å². The molecule has 0 fully saturated rings. The predicted molar refractivity (Wildman–Crippen MR) is 97.4 cm³/mol. The summed E-state index contributed by atoms with van der Waals surface area (Å²) in [5, 5.41) is 0. The molecule has 2 rings (SSSR count). The average Bonchev–Trinajstić information content (AvgIpc) is 2.52. The fourth-order valence-electron chi connectivity index (χ4n) is 2.61. The van der Waals surface area contributed by atoms with Crippen LogP contribution in [0.2, 0.25) is 0 Å². The van der Waals surface area contributed by atoms with Gasteiger partial charge in [-0.3, -0.25) is 4.99 Å². The van der Waals surface area contributed by atoms with E-state index in [2.05, 4.69) is 35.0 Å². The van der Waals surface area contributed by atoms with Gasteiger partial charge >= 0.3 is 0 Å². The molecule has 1 aromatic rings. The van der Waals surface area contributed by atoms with E-state index in [0.717, 1.165) is 55.6 Å². The molecule has 2 heterocycles. The third-order valence-electron chi connectivity index (χ3n) is 4.09. The quantitative estimate of drug-likeness (QED) is 0.771. The van der Waals surface area contributed by atoms with Crippen LogP contribution in [0.5, 0.6) is 0 Å². The molecule has 0 spiro atoms. The minimum absolute atomic E-state index is 0.359. The summed E-state index contributed by atoms with van der Waals surface area (Å²) in [6.07, 6.45) is 4.78. The van der Waals surface area contributed by atoms with E-state index in [1.807, 2.05) is 13.0 Å². The van der Waals surface area contributed by atoms with Gasteiger partial charge < -0.3 is 9.80 Å². The Kier molecular flexibility index (Phi) is 5.91. The second-order valence-electron chi connectivity index (χ2n) is 6.51. The Balaban J connectivity index is 2.22. The van der Waals surface area contributed by atoms with Crippen molar-refractivity contribution in [3.63, 3.8) is 0 Å². The molecule has 0 bridgehead atoms. The van der Waals surface area contributed by atoms with Gasteiger partial charge in [0.15, 0.2) is 5.82 Å². The molecule has 0 atom stereocenters. The van der Waals surface area contributed by atoms with Crippen molar-refractivity contribution in [1.29, 1.82) is 0 Å². The molecule has 0 N–H and O–H groups in total. The molecule has 132 valence electrons. The lowest BCUT2D eigenvalue weighted by Gasteiger charge is -2.30. The van der Waals surface area contributed by atoms with Gasteiger partial charge in [-0.25, -0.2) is 13.8 Å². The first-order chi connectivity index (χ1) is 11.3. The van der Waals surface area contributed by atoms with Crippen molar-refractivity contribution in [2.24, 2.45) is 4.99 Å². The zero-order valence-corrected chi connectivity index (χ0v) is 14.9. The number of rotatable bonds is 4. The van der Waals surface area contributed by atoms with Crippen LogP contribution < -0.4 is 9.80 Å². The van der Waals surface area contributed by atoms with Crippen LogP contribution in [-0.2, 0) is 0 Å². The molecule has 4 nitrogen and oxygen atoms in total. The van der Waals surface area contributed by atoms with Crippen LogP contribution in [0, 0.1) is 0 Å². The lowest BCUT2D eigenvalue weighted by molar-refractivity contribution is 0.0314. The van der Waals surface area contributed by atoms with Gasteiger partial charge in [-0.1, -0.05) is 0 Å². The third kappa shape index (κ3) is 5.01. The number of nitrogens with zero attached hydrogens (tertiary/aromatic N) is 4. The Bertz CT molecular complexity index is 620. The maximum absolute atomic E-state index is 12.8. The highest BCUT2D eigenvalue weighted by atomic mass is 19.3. The molecule has 6 heteroatoms. The second-order valence-corrected chi connectivity index (χ2v) is 6.51. The summed E-state index contributed by atoms with van der Waals surface area (Å²) >= 11 is 0. The first kappa shape index (κ1) is 18.4. The smallest absolute Gasteiger partial charge is 0.250 e. The van der Waals surface area contributed by atoms with Crippen molar-refractivity contribution in [2.45, 2.75) is 39.0 Å². The molecule has 0 saturated carbocycles. The van der Waals surface area contributed by atoms with Gasteiger partial charge in [0.05, 0.1) is 11.4 Å². The van der Waals surface area contributed by atoms with E-state index in [1.165, 1.54) is 6.21 Å². The second kappa shape index (κ2) is 7.73. The molecule has 24 heavy (non-hydrogen) atoms. The highest BCUT2D eigenvalue weighted by molar-refractivity contribution is 5.72. The lowest BCUT2D eigenvalue weighted by atomic mass is 10.1. The van der Waals surface area contributed by atoms with Crippen molar-refractivity contribution >= 4 is 23.3 Å². The number of halogens is 2. The number of fused-ring (bicyclic) bond motifs is 1. The minimum Gasteiger partial charge on any atom is -0.372 e. The van der Waals surface area contributed by atoms with Gasteiger partial charge in [0.1, 0.15) is 0 Å². The number of aromatic nitrogens is 1. The SMILES string of the molecule is C/C(=C\N=CCC(C)(F)F)c1ccc2c(n1)N(C)CCCCN2C. The Hall–Kier alpha value is -1.98. The van der Waals surface area contributed by atoms with Crippen LogP contribution in [-0.4, -0.2) is 44.3 Å². The fraction of sp³-hybridized carbons (Fsp3) is 0.556. The predicted octanol–water partition coefficient (Wildman–Crippen LogP) is 4.22. The maximum Gasteiger partial charge on any atom is 0.250 e. The molecule has 0 saturated heterocycles. The van der Waals surface area contributed by atoms with Crippen LogP contribution in [0.4, 0.5) is 20.3 Å². The molecular weight excluding hydrogens is 310 g/mol. The third-order valence-corrected chi connectivity index (χ3v) is 4.09. The van der Waals surface area contributed by atoms with E-state index in [-0.39, 0.29) is 6.42 Å². The molecule has 0 aliphatic carbocycles. The molecule has 0 unspecified atom stereocenters. The van der Waals surface area contributed by atoms with E-state index in [0.29, 0.717) is 0 Å². The molecular formula is C18H26F2N4. The summed E-state index contributed by atoms with van der Waals surface area (Å²) in [4.78, 5) is 13.1. The van der Waals surface area contributed by atoms with Gasteiger partial charge in [-0.05, 0) is 44.4 Å². The molecule has 1 aromatic heterocycles. The van der Waals surface area contributed by atoms with E-state index in [9.17, 15) is 8.78 Å².